The molecule has 0 saturated heterocycles. The fourth-order valence-corrected chi connectivity index (χ4v) is 3.17. The third kappa shape index (κ3) is 2.41. The van der Waals surface area contributed by atoms with Crippen molar-refractivity contribution in [2.24, 2.45) is 7.05 Å². The van der Waals surface area contributed by atoms with Crippen LogP contribution in [0.1, 0.15) is 16.1 Å². The molecule has 0 amide bonds. The second-order valence-electron chi connectivity index (χ2n) is 4.72. The van der Waals surface area contributed by atoms with E-state index >= 15 is 0 Å². The Balaban J connectivity index is 1.74. The van der Waals surface area contributed by atoms with Gasteiger partial charge in [0.15, 0.2) is 0 Å². The number of rotatable bonds is 4. The Morgan fingerprint density at radius 3 is 2.84 bits per heavy atom. The van der Waals surface area contributed by atoms with Gasteiger partial charge in [0.2, 0.25) is 0 Å². The van der Waals surface area contributed by atoms with Crippen LogP contribution < -0.4 is 5.32 Å². The van der Waals surface area contributed by atoms with Gasteiger partial charge in [-0.05, 0) is 30.0 Å². The molecule has 0 aliphatic rings. The number of aromatic nitrogens is 2. The second-order valence-corrected chi connectivity index (χ2v) is 5.72. The maximum atomic E-state index is 4.59. The predicted molar refractivity (Wildman–Crippen MR) is 80.3 cm³/mol. The third-order valence-electron chi connectivity index (χ3n) is 3.38. The molecular weight excluding hydrogens is 254 g/mol. The molecule has 4 heteroatoms. The van der Waals surface area contributed by atoms with Crippen LogP contribution in [0.3, 0.4) is 0 Å². The van der Waals surface area contributed by atoms with Crippen LogP contribution in [0.25, 0.3) is 10.9 Å². The van der Waals surface area contributed by atoms with E-state index < -0.39 is 0 Å². The lowest BCUT2D eigenvalue weighted by molar-refractivity contribution is 0.665. The highest BCUT2D eigenvalue weighted by Gasteiger charge is 2.07. The SMILES string of the molecule is Cc1ccsc1CNCc1nn(C)c2ccccc12. The van der Waals surface area contributed by atoms with E-state index in [2.05, 4.69) is 53.1 Å². The minimum absolute atomic E-state index is 0.804. The van der Waals surface area contributed by atoms with Crippen molar-refractivity contribution in [2.45, 2.75) is 20.0 Å². The van der Waals surface area contributed by atoms with Gasteiger partial charge in [-0.25, -0.2) is 0 Å². The first-order valence-corrected chi connectivity index (χ1v) is 7.28. The van der Waals surface area contributed by atoms with Gasteiger partial charge in [-0.15, -0.1) is 11.3 Å². The topological polar surface area (TPSA) is 29.9 Å². The molecule has 3 nitrogen and oxygen atoms in total. The lowest BCUT2D eigenvalue weighted by Crippen LogP contribution is -2.13. The summed E-state index contributed by atoms with van der Waals surface area (Å²) in [5.41, 5.74) is 3.67. The molecule has 0 aliphatic heterocycles. The van der Waals surface area contributed by atoms with Crippen molar-refractivity contribution in [1.82, 2.24) is 15.1 Å². The van der Waals surface area contributed by atoms with Gasteiger partial charge < -0.3 is 5.32 Å². The summed E-state index contributed by atoms with van der Waals surface area (Å²) in [5.74, 6) is 0. The maximum Gasteiger partial charge on any atom is 0.0841 e. The fourth-order valence-electron chi connectivity index (χ4n) is 2.30. The molecule has 2 aromatic heterocycles. The minimum Gasteiger partial charge on any atom is -0.306 e. The molecule has 0 bridgehead atoms. The number of hydrogen-bond donors (Lipinski definition) is 1. The van der Waals surface area contributed by atoms with E-state index in [1.165, 1.54) is 21.3 Å². The Kier molecular flexibility index (Phi) is 3.36. The third-order valence-corrected chi connectivity index (χ3v) is 4.40. The van der Waals surface area contributed by atoms with Crippen LogP contribution in [0, 0.1) is 6.92 Å². The van der Waals surface area contributed by atoms with Crippen LogP contribution in [-0.2, 0) is 20.1 Å². The van der Waals surface area contributed by atoms with E-state index in [-0.39, 0.29) is 0 Å². The van der Waals surface area contributed by atoms with Crippen LogP contribution >= 0.6 is 11.3 Å². The number of nitrogens with one attached hydrogen (secondary N) is 1. The highest BCUT2D eigenvalue weighted by Crippen LogP contribution is 2.18. The molecule has 1 N–H and O–H groups in total. The Hall–Kier alpha value is -1.65. The molecule has 0 fully saturated rings. The number of thiophene rings is 1. The number of aryl methyl sites for hydroxylation is 2. The average molecular weight is 271 g/mol. The fraction of sp³-hybridized carbons (Fsp3) is 0.267. The van der Waals surface area contributed by atoms with Gasteiger partial charge in [0.1, 0.15) is 0 Å². The molecule has 3 aromatic rings. The molecular formula is C15H17N3S. The molecule has 0 spiro atoms. The first-order valence-electron chi connectivity index (χ1n) is 6.40. The Morgan fingerprint density at radius 1 is 1.21 bits per heavy atom. The first-order chi connectivity index (χ1) is 9.25. The van der Waals surface area contributed by atoms with Crippen LogP contribution in [0.4, 0.5) is 0 Å². The smallest absolute Gasteiger partial charge is 0.0841 e. The van der Waals surface area contributed by atoms with E-state index in [0.717, 1.165) is 18.8 Å². The van der Waals surface area contributed by atoms with Crippen LogP contribution in [0.2, 0.25) is 0 Å². The van der Waals surface area contributed by atoms with Crippen molar-refractivity contribution in [1.29, 1.82) is 0 Å². The highest BCUT2D eigenvalue weighted by molar-refractivity contribution is 7.10. The van der Waals surface area contributed by atoms with Gasteiger partial charge in [-0.3, -0.25) is 4.68 Å². The molecule has 1 aromatic carbocycles. The summed E-state index contributed by atoms with van der Waals surface area (Å²) in [7, 11) is 2.00. The van der Waals surface area contributed by atoms with Gasteiger partial charge in [-0.2, -0.15) is 5.10 Å². The zero-order chi connectivity index (χ0) is 13.2. The summed E-state index contributed by atoms with van der Waals surface area (Å²) in [4.78, 5) is 1.40. The van der Waals surface area contributed by atoms with E-state index in [1.807, 2.05) is 11.7 Å². The molecule has 0 atom stereocenters. The van der Waals surface area contributed by atoms with Crippen LogP contribution in [-0.4, -0.2) is 9.78 Å². The summed E-state index contributed by atoms with van der Waals surface area (Å²) >= 11 is 1.81. The largest absolute Gasteiger partial charge is 0.306 e. The summed E-state index contributed by atoms with van der Waals surface area (Å²) < 4.78 is 1.95. The number of para-hydroxylation sites is 1. The molecule has 0 saturated carbocycles. The number of benzene rings is 1. The number of fused-ring (bicyclic) bond motifs is 1. The van der Waals surface area contributed by atoms with Crippen molar-refractivity contribution in [2.75, 3.05) is 0 Å². The van der Waals surface area contributed by atoms with Crippen molar-refractivity contribution in [3.8, 4) is 0 Å². The van der Waals surface area contributed by atoms with E-state index in [0.29, 0.717) is 0 Å². The Labute approximate surface area is 116 Å². The van der Waals surface area contributed by atoms with Crippen molar-refractivity contribution in [3.63, 3.8) is 0 Å². The molecule has 98 valence electrons. The quantitative estimate of drug-likeness (QED) is 0.789. The summed E-state index contributed by atoms with van der Waals surface area (Å²) in [6, 6.07) is 10.5. The monoisotopic (exact) mass is 271 g/mol. The second kappa shape index (κ2) is 5.15. The van der Waals surface area contributed by atoms with Gasteiger partial charge in [0.25, 0.3) is 0 Å². The van der Waals surface area contributed by atoms with Crippen LogP contribution in [0.15, 0.2) is 35.7 Å². The van der Waals surface area contributed by atoms with Gasteiger partial charge in [-0.1, -0.05) is 18.2 Å². The van der Waals surface area contributed by atoms with Crippen molar-refractivity contribution < 1.29 is 0 Å². The van der Waals surface area contributed by atoms with E-state index in [9.17, 15) is 0 Å². The average Bonchev–Trinajstić information content (AvgIpc) is 2.96. The molecule has 3 rings (SSSR count). The number of hydrogen-bond acceptors (Lipinski definition) is 3. The highest BCUT2D eigenvalue weighted by atomic mass is 32.1. The van der Waals surface area contributed by atoms with Crippen molar-refractivity contribution in [3.05, 3.63) is 51.8 Å². The number of nitrogens with zero attached hydrogens (tertiary/aromatic N) is 2. The lowest BCUT2D eigenvalue weighted by Gasteiger charge is -2.02. The van der Waals surface area contributed by atoms with Gasteiger partial charge in [0.05, 0.1) is 11.2 Å². The summed E-state index contributed by atoms with van der Waals surface area (Å²) in [5, 5.41) is 11.5. The Morgan fingerprint density at radius 2 is 2.05 bits per heavy atom. The summed E-state index contributed by atoms with van der Waals surface area (Å²) in [6.07, 6.45) is 0. The molecule has 0 unspecified atom stereocenters. The lowest BCUT2D eigenvalue weighted by atomic mass is 10.2. The van der Waals surface area contributed by atoms with E-state index in [1.54, 1.807) is 11.3 Å². The zero-order valence-electron chi connectivity index (χ0n) is 11.2. The normalized spacial score (nSPS) is 11.3. The molecule has 2 heterocycles. The van der Waals surface area contributed by atoms with Gasteiger partial charge >= 0.3 is 0 Å². The van der Waals surface area contributed by atoms with Crippen molar-refractivity contribution >= 4 is 22.2 Å². The predicted octanol–water partition coefficient (Wildman–Crippen LogP) is 3.23. The molecule has 0 radical (unpaired) electrons. The zero-order valence-corrected chi connectivity index (χ0v) is 12.0. The molecule has 0 aliphatic carbocycles. The standard InChI is InChI=1S/C15H17N3S/c1-11-7-8-19-15(11)10-16-9-13-12-5-3-4-6-14(12)18(2)17-13/h3-8,16H,9-10H2,1-2H3. The Bertz CT molecular complexity index is 696. The van der Waals surface area contributed by atoms with Crippen LogP contribution in [0.5, 0.6) is 0 Å². The first kappa shape index (κ1) is 12.4. The maximum absolute atomic E-state index is 4.59. The summed E-state index contributed by atoms with van der Waals surface area (Å²) in [6.45, 7) is 3.87. The minimum atomic E-state index is 0.804. The van der Waals surface area contributed by atoms with E-state index in [4.69, 9.17) is 0 Å². The molecule has 19 heavy (non-hydrogen) atoms. The van der Waals surface area contributed by atoms with Gasteiger partial charge in [0, 0.05) is 30.4 Å².